The summed E-state index contributed by atoms with van der Waals surface area (Å²) in [5.74, 6) is -0.708. The highest BCUT2D eigenvalue weighted by molar-refractivity contribution is 5.74. The number of aromatic nitrogens is 4. The molecule has 0 fully saturated rings. The Labute approximate surface area is 122 Å². The summed E-state index contributed by atoms with van der Waals surface area (Å²) >= 11 is 0. The van der Waals surface area contributed by atoms with E-state index in [9.17, 15) is 13.2 Å². The Hall–Kier alpha value is -2.58. The summed E-state index contributed by atoms with van der Waals surface area (Å²) < 4.78 is 45.1. The van der Waals surface area contributed by atoms with Crippen LogP contribution < -0.4 is 4.90 Å². The molecule has 0 saturated heterocycles. The molecule has 3 aromatic rings. The molecule has 0 bridgehead atoms. The Balaban J connectivity index is 1.66. The quantitative estimate of drug-likeness (QED) is 0.691. The number of halogens is 3. The van der Waals surface area contributed by atoms with Crippen LogP contribution in [0.25, 0.3) is 11.1 Å². The first-order valence-corrected chi connectivity index (χ1v) is 6.62. The van der Waals surface area contributed by atoms with Crippen LogP contribution >= 0.6 is 0 Å². The monoisotopic (exact) mass is 309 g/mol. The van der Waals surface area contributed by atoms with Gasteiger partial charge in [-0.15, -0.1) is 10.2 Å². The highest BCUT2D eigenvalue weighted by atomic mass is 19.4. The van der Waals surface area contributed by atoms with Crippen molar-refractivity contribution in [2.24, 2.45) is 0 Å². The van der Waals surface area contributed by atoms with E-state index in [-0.39, 0.29) is 18.9 Å². The van der Waals surface area contributed by atoms with Crippen LogP contribution in [0, 0.1) is 0 Å². The number of nitrogens with zero attached hydrogens (tertiary/aromatic N) is 5. The smallest absolute Gasteiger partial charge is 0.423 e. The zero-order valence-corrected chi connectivity index (χ0v) is 11.2. The van der Waals surface area contributed by atoms with Gasteiger partial charge in [-0.3, -0.25) is 0 Å². The molecule has 0 N–H and O–H groups in total. The molecule has 0 atom stereocenters. The number of hydrogen-bond acceptors (Lipinski definition) is 5. The molecule has 22 heavy (non-hydrogen) atoms. The second-order valence-electron chi connectivity index (χ2n) is 4.97. The zero-order chi connectivity index (χ0) is 15.3. The average molecular weight is 309 g/mol. The van der Waals surface area contributed by atoms with Crippen molar-refractivity contribution >= 4 is 17.1 Å². The number of benzene rings is 1. The summed E-state index contributed by atoms with van der Waals surface area (Å²) in [7, 11) is 0. The first kappa shape index (κ1) is 13.1. The first-order chi connectivity index (χ1) is 10.5. The van der Waals surface area contributed by atoms with Crippen molar-refractivity contribution in [2.45, 2.75) is 19.3 Å². The van der Waals surface area contributed by atoms with Crippen molar-refractivity contribution in [1.29, 1.82) is 0 Å². The van der Waals surface area contributed by atoms with Gasteiger partial charge >= 0.3 is 6.18 Å². The molecule has 0 saturated carbocycles. The fourth-order valence-corrected chi connectivity index (χ4v) is 2.53. The van der Waals surface area contributed by atoms with Gasteiger partial charge in [0.15, 0.2) is 11.4 Å². The summed E-state index contributed by atoms with van der Waals surface area (Å²) in [5, 5.41) is 6.88. The number of para-hydroxylation sites is 2. The van der Waals surface area contributed by atoms with Crippen LogP contribution in [0.5, 0.6) is 0 Å². The van der Waals surface area contributed by atoms with Crippen LogP contribution in [-0.2, 0) is 19.3 Å². The van der Waals surface area contributed by atoms with E-state index < -0.39 is 12.0 Å². The average Bonchev–Trinajstić information content (AvgIpc) is 3.09. The van der Waals surface area contributed by atoms with E-state index in [2.05, 4.69) is 15.2 Å². The lowest BCUT2D eigenvalue weighted by Crippen LogP contribution is -2.35. The first-order valence-electron chi connectivity index (χ1n) is 6.62. The molecule has 1 aromatic carbocycles. The van der Waals surface area contributed by atoms with Crippen molar-refractivity contribution in [2.75, 3.05) is 11.4 Å². The lowest BCUT2D eigenvalue weighted by atomic mass is 10.3. The minimum atomic E-state index is -4.50. The third-order valence-corrected chi connectivity index (χ3v) is 3.56. The number of rotatable bonds is 1. The summed E-state index contributed by atoms with van der Waals surface area (Å²) in [6.07, 6.45) is -4.50. The maximum atomic E-state index is 12.8. The second-order valence-corrected chi connectivity index (χ2v) is 4.97. The lowest BCUT2D eigenvalue weighted by molar-refractivity contribution is -0.147. The molecule has 1 aliphatic rings. The van der Waals surface area contributed by atoms with Crippen LogP contribution in [0.15, 0.2) is 28.7 Å². The van der Waals surface area contributed by atoms with E-state index in [0.29, 0.717) is 23.7 Å². The van der Waals surface area contributed by atoms with Crippen molar-refractivity contribution in [3.05, 3.63) is 35.9 Å². The normalized spacial score (nSPS) is 15.3. The van der Waals surface area contributed by atoms with Crippen LogP contribution in [0.2, 0.25) is 0 Å². The molecule has 0 spiro atoms. The number of anilines is 1. The lowest BCUT2D eigenvalue weighted by Gasteiger charge is -2.26. The van der Waals surface area contributed by atoms with Gasteiger partial charge in [0, 0.05) is 13.1 Å². The van der Waals surface area contributed by atoms with Crippen LogP contribution in [0.3, 0.4) is 0 Å². The molecule has 1 aliphatic heterocycles. The van der Waals surface area contributed by atoms with Gasteiger partial charge in [0.25, 0.3) is 6.01 Å². The third kappa shape index (κ3) is 2.00. The van der Waals surface area contributed by atoms with Gasteiger partial charge in [-0.05, 0) is 12.1 Å². The molecule has 4 rings (SSSR count). The molecule has 114 valence electrons. The van der Waals surface area contributed by atoms with E-state index in [4.69, 9.17) is 4.42 Å². The summed E-state index contributed by atoms with van der Waals surface area (Å²) in [6, 6.07) is 7.66. The number of fused-ring (bicyclic) bond motifs is 2. The molecule has 0 unspecified atom stereocenters. The summed E-state index contributed by atoms with van der Waals surface area (Å²) in [5.41, 5.74) is 1.35. The van der Waals surface area contributed by atoms with Crippen molar-refractivity contribution in [1.82, 2.24) is 19.7 Å². The molecule has 9 heteroatoms. The maximum Gasteiger partial charge on any atom is 0.451 e. The molecule has 0 aliphatic carbocycles. The Bertz CT molecular complexity index is 805. The molecule has 0 radical (unpaired) electrons. The molecular formula is C13H10F3N5O. The Morgan fingerprint density at radius 3 is 2.68 bits per heavy atom. The SMILES string of the molecule is FC(F)(F)c1nnc2n1CCN(c1nc3ccccc3o1)C2. The van der Waals surface area contributed by atoms with Gasteiger partial charge in [-0.1, -0.05) is 12.1 Å². The van der Waals surface area contributed by atoms with Crippen LogP contribution in [0.1, 0.15) is 11.6 Å². The Morgan fingerprint density at radius 1 is 1.09 bits per heavy atom. The topological polar surface area (TPSA) is 60.0 Å². The van der Waals surface area contributed by atoms with Gasteiger partial charge in [0.2, 0.25) is 5.82 Å². The molecule has 6 nitrogen and oxygen atoms in total. The van der Waals surface area contributed by atoms with E-state index in [1.807, 2.05) is 18.2 Å². The Kier molecular flexibility index (Phi) is 2.65. The van der Waals surface area contributed by atoms with Gasteiger partial charge in [-0.25, -0.2) is 0 Å². The van der Waals surface area contributed by atoms with Crippen molar-refractivity contribution in [3.63, 3.8) is 0 Å². The largest absolute Gasteiger partial charge is 0.451 e. The molecule has 0 amide bonds. The second kappa shape index (κ2) is 4.46. The Morgan fingerprint density at radius 2 is 1.91 bits per heavy atom. The number of alkyl halides is 3. The predicted molar refractivity (Wildman–Crippen MR) is 70.1 cm³/mol. The standard InChI is InChI=1S/C13H10F3N5O/c14-13(15,16)11-19-18-10-7-20(5-6-21(10)11)12-17-8-3-1-2-4-9(8)22-12/h1-4H,5-7H2. The minimum absolute atomic E-state index is 0.135. The van der Waals surface area contributed by atoms with Gasteiger partial charge in [0.1, 0.15) is 5.52 Å². The summed E-state index contributed by atoms with van der Waals surface area (Å²) in [6.45, 7) is 0.659. The zero-order valence-electron chi connectivity index (χ0n) is 11.2. The highest BCUT2D eigenvalue weighted by Gasteiger charge is 2.39. The predicted octanol–water partition coefficient (Wildman–Crippen LogP) is 2.46. The number of hydrogen-bond donors (Lipinski definition) is 0. The molecular weight excluding hydrogens is 299 g/mol. The minimum Gasteiger partial charge on any atom is -0.423 e. The summed E-state index contributed by atoms with van der Waals surface area (Å²) in [4.78, 5) is 6.10. The van der Waals surface area contributed by atoms with E-state index in [1.54, 1.807) is 11.0 Å². The van der Waals surface area contributed by atoms with Crippen molar-refractivity contribution in [3.8, 4) is 0 Å². The van der Waals surface area contributed by atoms with Gasteiger partial charge in [-0.2, -0.15) is 18.2 Å². The van der Waals surface area contributed by atoms with Crippen molar-refractivity contribution < 1.29 is 17.6 Å². The van der Waals surface area contributed by atoms with E-state index in [0.717, 1.165) is 4.57 Å². The highest BCUT2D eigenvalue weighted by Crippen LogP contribution is 2.31. The van der Waals surface area contributed by atoms with Gasteiger partial charge < -0.3 is 13.9 Å². The van der Waals surface area contributed by atoms with Crippen LogP contribution in [-0.4, -0.2) is 26.3 Å². The van der Waals surface area contributed by atoms with Crippen LogP contribution in [0.4, 0.5) is 19.2 Å². The fourth-order valence-electron chi connectivity index (χ4n) is 2.53. The fraction of sp³-hybridized carbons (Fsp3) is 0.308. The maximum absolute atomic E-state index is 12.8. The molecule has 3 heterocycles. The van der Waals surface area contributed by atoms with E-state index in [1.165, 1.54) is 0 Å². The van der Waals surface area contributed by atoms with Gasteiger partial charge in [0.05, 0.1) is 6.54 Å². The van der Waals surface area contributed by atoms with E-state index >= 15 is 0 Å². The third-order valence-electron chi connectivity index (χ3n) is 3.56. The molecule has 2 aromatic heterocycles. The number of oxazole rings is 1.